The van der Waals surface area contributed by atoms with Gasteiger partial charge >= 0.3 is 0 Å². The first-order chi connectivity index (χ1) is 16.1. The molecule has 0 spiro atoms. The molecule has 2 aliphatic rings. The summed E-state index contributed by atoms with van der Waals surface area (Å²) in [6.45, 7) is 8.71. The molecule has 1 aliphatic carbocycles. The molecule has 178 valence electrons. The Kier molecular flexibility index (Phi) is 8.68. The van der Waals surface area contributed by atoms with Crippen molar-refractivity contribution >= 4 is 28.1 Å². The predicted octanol–water partition coefficient (Wildman–Crippen LogP) is 6.71. The summed E-state index contributed by atoms with van der Waals surface area (Å²) in [5.74, 6) is 1.21. The van der Waals surface area contributed by atoms with Crippen LogP contribution in [-0.4, -0.2) is 44.9 Å². The Morgan fingerprint density at radius 2 is 1.97 bits per heavy atom. The van der Waals surface area contributed by atoms with Crippen molar-refractivity contribution in [1.82, 2.24) is 19.8 Å². The molecule has 1 aliphatic heterocycles. The van der Waals surface area contributed by atoms with Crippen molar-refractivity contribution in [2.75, 3.05) is 18.4 Å². The molecule has 4 rings (SSSR count). The van der Waals surface area contributed by atoms with E-state index in [0.29, 0.717) is 12.1 Å². The molecule has 1 N–H and O–H groups in total. The summed E-state index contributed by atoms with van der Waals surface area (Å²) in [4.78, 5) is 13.9. The van der Waals surface area contributed by atoms with E-state index in [1.807, 2.05) is 18.5 Å². The standard InChI is InChI=1S/C26H36ClN5S/c1-3-8-25(30-26-29-19-24(27)33-26)32(22-10-5-4-6-11-22)23-12-15-31(16-13-23)20(2)17-21-9-7-14-28-18-21/h7-9,14,18-19,22-23H,2-6,10-13,15-17H2,1H3,(H,29,30)/b25-8-. The van der Waals surface area contributed by atoms with Gasteiger partial charge in [-0.3, -0.25) is 4.98 Å². The number of likely N-dealkylation sites (tertiary alicyclic amines) is 1. The SMILES string of the molecule is C=C(Cc1cccnc1)N1CCC(N(/C(=C\CC)Nc2ncc(Cl)s2)C2CCCCC2)CC1. The number of thiazole rings is 1. The van der Waals surface area contributed by atoms with E-state index in [-0.39, 0.29) is 0 Å². The van der Waals surface area contributed by atoms with Gasteiger partial charge in [-0.2, -0.15) is 0 Å². The third-order valence-corrected chi connectivity index (χ3v) is 7.82. The second kappa shape index (κ2) is 11.9. The molecule has 1 saturated heterocycles. The van der Waals surface area contributed by atoms with Crippen molar-refractivity contribution in [2.45, 2.75) is 76.8 Å². The average Bonchev–Trinajstić information content (AvgIpc) is 3.25. The first kappa shape index (κ1) is 24.1. The Labute approximate surface area is 207 Å². The average molecular weight is 486 g/mol. The number of nitrogens with zero attached hydrogens (tertiary/aromatic N) is 4. The fourth-order valence-corrected chi connectivity index (χ4v) is 6.02. The van der Waals surface area contributed by atoms with Gasteiger partial charge in [-0.1, -0.05) is 61.8 Å². The quantitative estimate of drug-likeness (QED) is 0.427. The zero-order valence-electron chi connectivity index (χ0n) is 19.7. The highest BCUT2D eigenvalue weighted by molar-refractivity contribution is 7.19. The van der Waals surface area contributed by atoms with Crippen LogP contribution in [0, 0.1) is 0 Å². The van der Waals surface area contributed by atoms with Gasteiger partial charge in [0.2, 0.25) is 0 Å². The zero-order valence-corrected chi connectivity index (χ0v) is 21.3. The van der Waals surface area contributed by atoms with E-state index in [1.54, 1.807) is 6.20 Å². The summed E-state index contributed by atoms with van der Waals surface area (Å²) in [5.41, 5.74) is 2.43. The highest BCUT2D eigenvalue weighted by Gasteiger charge is 2.32. The lowest BCUT2D eigenvalue weighted by Gasteiger charge is -2.46. The van der Waals surface area contributed by atoms with Gasteiger partial charge in [-0.05, 0) is 49.8 Å². The minimum Gasteiger partial charge on any atom is -0.375 e. The number of aromatic nitrogens is 2. The van der Waals surface area contributed by atoms with Gasteiger partial charge in [0.1, 0.15) is 10.2 Å². The molecule has 0 unspecified atom stereocenters. The summed E-state index contributed by atoms with van der Waals surface area (Å²) >= 11 is 7.68. The summed E-state index contributed by atoms with van der Waals surface area (Å²) in [6, 6.07) is 5.25. The lowest BCUT2D eigenvalue weighted by molar-refractivity contribution is 0.0975. The van der Waals surface area contributed by atoms with Crippen LogP contribution < -0.4 is 5.32 Å². The number of rotatable bonds is 9. The van der Waals surface area contributed by atoms with Gasteiger partial charge in [0.05, 0.1) is 6.20 Å². The monoisotopic (exact) mass is 485 g/mol. The van der Waals surface area contributed by atoms with Gasteiger partial charge in [0.25, 0.3) is 0 Å². The molecular weight excluding hydrogens is 450 g/mol. The van der Waals surface area contributed by atoms with E-state index in [0.717, 1.165) is 48.2 Å². The first-order valence-corrected chi connectivity index (χ1v) is 13.5. The van der Waals surface area contributed by atoms with Crippen LogP contribution in [0.3, 0.4) is 0 Å². The predicted molar refractivity (Wildman–Crippen MR) is 140 cm³/mol. The van der Waals surface area contributed by atoms with Crippen molar-refractivity contribution in [3.05, 3.63) is 64.8 Å². The Morgan fingerprint density at radius 3 is 2.61 bits per heavy atom. The van der Waals surface area contributed by atoms with Gasteiger partial charge in [0, 0.05) is 49.7 Å². The number of anilines is 1. The summed E-state index contributed by atoms with van der Waals surface area (Å²) in [6.07, 6.45) is 18.5. The largest absolute Gasteiger partial charge is 0.375 e. The maximum Gasteiger partial charge on any atom is 0.189 e. The lowest BCUT2D eigenvalue weighted by atomic mass is 9.91. The normalized spacial score (nSPS) is 18.4. The molecule has 7 heteroatoms. The van der Waals surface area contributed by atoms with E-state index in [9.17, 15) is 0 Å². The Hall–Kier alpha value is -2.05. The minimum absolute atomic E-state index is 0.524. The van der Waals surface area contributed by atoms with Crippen LogP contribution in [-0.2, 0) is 6.42 Å². The zero-order chi connectivity index (χ0) is 23.0. The Morgan fingerprint density at radius 1 is 1.21 bits per heavy atom. The summed E-state index contributed by atoms with van der Waals surface area (Å²) < 4.78 is 0.720. The minimum atomic E-state index is 0.524. The van der Waals surface area contributed by atoms with E-state index in [2.05, 4.69) is 50.7 Å². The summed E-state index contributed by atoms with van der Waals surface area (Å²) in [5, 5.41) is 4.51. The molecule has 33 heavy (non-hydrogen) atoms. The molecule has 5 nitrogen and oxygen atoms in total. The van der Waals surface area contributed by atoms with Crippen LogP contribution in [0.5, 0.6) is 0 Å². The van der Waals surface area contributed by atoms with E-state index >= 15 is 0 Å². The number of nitrogens with one attached hydrogen (secondary N) is 1. The van der Waals surface area contributed by atoms with Crippen LogP contribution in [0.2, 0.25) is 4.34 Å². The van der Waals surface area contributed by atoms with Crippen LogP contribution >= 0.6 is 22.9 Å². The molecule has 3 heterocycles. The van der Waals surface area contributed by atoms with Crippen LogP contribution in [0.1, 0.15) is 63.9 Å². The smallest absolute Gasteiger partial charge is 0.189 e. The maximum absolute atomic E-state index is 6.17. The molecular formula is C26H36ClN5S. The molecule has 0 amide bonds. The molecule has 2 fully saturated rings. The molecule has 0 aromatic carbocycles. The second-order valence-electron chi connectivity index (χ2n) is 9.11. The van der Waals surface area contributed by atoms with Gasteiger partial charge in [-0.25, -0.2) is 4.98 Å². The highest BCUT2D eigenvalue weighted by atomic mass is 35.5. The third kappa shape index (κ3) is 6.51. The second-order valence-corrected chi connectivity index (χ2v) is 10.8. The number of allylic oxidation sites excluding steroid dienone is 2. The molecule has 0 radical (unpaired) electrons. The molecule has 2 aromatic heterocycles. The highest BCUT2D eigenvalue weighted by Crippen LogP contribution is 2.33. The van der Waals surface area contributed by atoms with E-state index in [4.69, 9.17) is 11.6 Å². The number of halogens is 1. The molecule has 0 bridgehead atoms. The van der Waals surface area contributed by atoms with Crippen LogP contribution in [0.25, 0.3) is 0 Å². The molecule has 1 saturated carbocycles. The third-order valence-electron chi connectivity index (χ3n) is 6.79. The molecule has 0 atom stereocenters. The maximum atomic E-state index is 6.17. The van der Waals surface area contributed by atoms with Crippen LogP contribution in [0.4, 0.5) is 5.13 Å². The number of hydrogen-bond donors (Lipinski definition) is 1. The van der Waals surface area contributed by atoms with Crippen molar-refractivity contribution in [3.8, 4) is 0 Å². The van der Waals surface area contributed by atoms with Crippen LogP contribution in [0.15, 0.2) is 54.9 Å². The van der Waals surface area contributed by atoms with E-state index < -0.39 is 0 Å². The number of pyridine rings is 1. The van der Waals surface area contributed by atoms with Gasteiger partial charge in [0.15, 0.2) is 5.13 Å². The van der Waals surface area contributed by atoms with Crippen molar-refractivity contribution in [2.24, 2.45) is 0 Å². The first-order valence-electron chi connectivity index (χ1n) is 12.3. The number of hydrogen-bond acceptors (Lipinski definition) is 6. The van der Waals surface area contributed by atoms with Crippen molar-refractivity contribution in [1.29, 1.82) is 0 Å². The van der Waals surface area contributed by atoms with Crippen molar-refractivity contribution in [3.63, 3.8) is 0 Å². The topological polar surface area (TPSA) is 44.3 Å². The fourth-order valence-electron chi connectivity index (χ4n) is 5.20. The Bertz CT molecular complexity index is 914. The van der Waals surface area contributed by atoms with Crippen molar-refractivity contribution < 1.29 is 0 Å². The number of piperidine rings is 1. The van der Waals surface area contributed by atoms with Gasteiger partial charge < -0.3 is 15.1 Å². The fraction of sp³-hybridized carbons (Fsp3) is 0.538. The van der Waals surface area contributed by atoms with E-state index in [1.165, 1.54) is 60.5 Å². The lowest BCUT2D eigenvalue weighted by Crippen LogP contribution is -2.50. The Balaban J connectivity index is 1.45. The summed E-state index contributed by atoms with van der Waals surface area (Å²) in [7, 11) is 0. The van der Waals surface area contributed by atoms with Gasteiger partial charge in [-0.15, -0.1) is 0 Å². The molecule has 2 aromatic rings.